The zero-order valence-corrected chi connectivity index (χ0v) is 15.4. The van der Waals surface area contributed by atoms with Crippen LogP contribution in [0.15, 0.2) is 12.4 Å². The van der Waals surface area contributed by atoms with Gasteiger partial charge in [-0.05, 0) is 26.9 Å². The summed E-state index contributed by atoms with van der Waals surface area (Å²) in [5, 5.41) is 4.28. The molecule has 1 saturated heterocycles. The molecule has 2 fully saturated rings. The van der Waals surface area contributed by atoms with E-state index in [0.29, 0.717) is 5.92 Å². The molecule has 1 spiro atoms. The van der Waals surface area contributed by atoms with Crippen LogP contribution in [0.25, 0.3) is 0 Å². The molecular weight excluding hydrogens is 304 g/mol. The Balaban J connectivity index is 1.54. The lowest BCUT2D eigenvalue weighted by Gasteiger charge is -2.44. The maximum absolute atomic E-state index is 6.34. The molecule has 1 aliphatic heterocycles. The molecule has 1 aromatic rings. The number of morpholine rings is 1. The van der Waals surface area contributed by atoms with E-state index < -0.39 is 0 Å². The Morgan fingerprint density at radius 1 is 1.46 bits per heavy atom. The minimum Gasteiger partial charge on any atom is -0.380 e. The summed E-state index contributed by atoms with van der Waals surface area (Å²) in [7, 11) is 6.14. The Hall–Kier alpha value is -0.950. The van der Waals surface area contributed by atoms with Gasteiger partial charge in [-0.1, -0.05) is 6.42 Å². The molecule has 1 aliphatic carbocycles. The van der Waals surface area contributed by atoms with E-state index in [1.165, 1.54) is 18.4 Å². The van der Waals surface area contributed by atoms with E-state index in [1.54, 1.807) is 0 Å². The number of likely N-dealkylation sites (N-methyl/N-ethyl adjacent to an activating group) is 1. The third-order valence-corrected chi connectivity index (χ3v) is 5.35. The molecule has 0 unspecified atom stereocenters. The summed E-state index contributed by atoms with van der Waals surface area (Å²) in [4.78, 5) is 4.69. The average Bonchev–Trinajstić information content (AvgIpc) is 3.11. The zero-order chi connectivity index (χ0) is 17.0. The molecule has 2 aliphatic rings. The summed E-state index contributed by atoms with van der Waals surface area (Å²) in [5.41, 5.74) is 1.28. The van der Waals surface area contributed by atoms with Crippen molar-refractivity contribution in [2.75, 3.05) is 53.6 Å². The van der Waals surface area contributed by atoms with Crippen LogP contribution < -0.4 is 0 Å². The molecule has 2 heterocycles. The van der Waals surface area contributed by atoms with E-state index in [9.17, 15) is 0 Å². The van der Waals surface area contributed by atoms with Crippen LogP contribution in [-0.2, 0) is 23.1 Å². The smallest absolute Gasteiger partial charge is 0.0859 e. The highest BCUT2D eigenvalue weighted by atomic mass is 16.5. The van der Waals surface area contributed by atoms with Gasteiger partial charge in [-0.2, -0.15) is 5.10 Å². The van der Waals surface area contributed by atoms with Gasteiger partial charge in [0.2, 0.25) is 0 Å². The molecule has 24 heavy (non-hydrogen) atoms. The van der Waals surface area contributed by atoms with Gasteiger partial charge in [-0.3, -0.25) is 9.58 Å². The van der Waals surface area contributed by atoms with Crippen molar-refractivity contribution in [2.45, 2.75) is 31.4 Å². The van der Waals surface area contributed by atoms with E-state index in [2.05, 4.69) is 35.2 Å². The summed E-state index contributed by atoms with van der Waals surface area (Å²) in [6.07, 6.45) is 7.72. The Kier molecular flexibility index (Phi) is 5.92. The number of aromatic nitrogens is 2. The number of nitrogens with zero attached hydrogens (tertiary/aromatic N) is 4. The molecule has 0 aromatic carbocycles. The first-order chi connectivity index (χ1) is 11.6. The Morgan fingerprint density at radius 2 is 2.33 bits per heavy atom. The highest BCUT2D eigenvalue weighted by Crippen LogP contribution is 2.41. The van der Waals surface area contributed by atoms with Crippen molar-refractivity contribution in [2.24, 2.45) is 13.0 Å². The van der Waals surface area contributed by atoms with E-state index in [-0.39, 0.29) is 5.60 Å². The molecule has 1 aromatic heterocycles. The second-order valence-electron chi connectivity index (χ2n) is 7.61. The Bertz CT molecular complexity index is 519. The van der Waals surface area contributed by atoms with E-state index in [0.717, 1.165) is 52.4 Å². The molecule has 0 N–H and O–H groups in total. The van der Waals surface area contributed by atoms with Crippen LogP contribution in [0.3, 0.4) is 0 Å². The van der Waals surface area contributed by atoms with Crippen LogP contribution in [0.1, 0.15) is 24.8 Å². The first-order valence-corrected chi connectivity index (χ1v) is 9.14. The van der Waals surface area contributed by atoms with Gasteiger partial charge < -0.3 is 14.4 Å². The lowest BCUT2D eigenvalue weighted by molar-refractivity contribution is -0.143. The minimum absolute atomic E-state index is 0.00141. The minimum atomic E-state index is -0.00141. The number of ether oxygens (including phenoxy) is 2. The van der Waals surface area contributed by atoms with Gasteiger partial charge in [0.1, 0.15) is 0 Å². The Labute approximate surface area is 145 Å². The van der Waals surface area contributed by atoms with Crippen molar-refractivity contribution < 1.29 is 9.47 Å². The van der Waals surface area contributed by atoms with E-state index >= 15 is 0 Å². The normalized spacial score (nSPS) is 28.2. The van der Waals surface area contributed by atoms with Crippen LogP contribution in [0.2, 0.25) is 0 Å². The van der Waals surface area contributed by atoms with Crippen molar-refractivity contribution in [3.63, 3.8) is 0 Å². The van der Waals surface area contributed by atoms with Gasteiger partial charge in [0, 0.05) is 50.9 Å². The number of hydrogen-bond acceptors (Lipinski definition) is 5. The molecule has 1 saturated carbocycles. The van der Waals surface area contributed by atoms with Crippen LogP contribution in [0.4, 0.5) is 0 Å². The first-order valence-electron chi connectivity index (χ1n) is 9.14. The SMILES string of the molecule is CN(C)CCOC[C@H]1CCC[C@]12CN(Cc1cnn(C)c1)CCO2. The van der Waals surface area contributed by atoms with Gasteiger partial charge >= 0.3 is 0 Å². The lowest BCUT2D eigenvalue weighted by atomic mass is 9.89. The topological polar surface area (TPSA) is 42.8 Å². The van der Waals surface area contributed by atoms with Gasteiger partial charge in [-0.15, -0.1) is 0 Å². The molecule has 6 nitrogen and oxygen atoms in total. The molecular formula is C18H32N4O2. The zero-order valence-electron chi connectivity index (χ0n) is 15.4. The average molecular weight is 336 g/mol. The number of rotatable bonds is 7. The molecule has 2 atom stereocenters. The largest absolute Gasteiger partial charge is 0.380 e. The van der Waals surface area contributed by atoms with Gasteiger partial charge in [0.25, 0.3) is 0 Å². The predicted molar refractivity (Wildman–Crippen MR) is 93.9 cm³/mol. The molecule has 0 bridgehead atoms. The maximum atomic E-state index is 6.34. The second-order valence-corrected chi connectivity index (χ2v) is 7.61. The molecule has 3 rings (SSSR count). The summed E-state index contributed by atoms with van der Waals surface area (Å²) in [5.74, 6) is 0.524. The van der Waals surface area contributed by atoms with Gasteiger partial charge in [-0.25, -0.2) is 0 Å². The van der Waals surface area contributed by atoms with Crippen LogP contribution in [0, 0.1) is 5.92 Å². The third-order valence-electron chi connectivity index (χ3n) is 5.35. The maximum Gasteiger partial charge on any atom is 0.0859 e. The lowest BCUT2D eigenvalue weighted by Crippen LogP contribution is -2.54. The van der Waals surface area contributed by atoms with Crippen molar-refractivity contribution in [1.82, 2.24) is 19.6 Å². The van der Waals surface area contributed by atoms with Crippen LogP contribution >= 0.6 is 0 Å². The summed E-state index contributed by atoms with van der Waals surface area (Å²) < 4.78 is 14.2. The number of aryl methyl sites for hydroxylation is 1. The highest BCUT2D eigenvalue weighted by molar-refractivity contribution is 5.05. The summed E-state index contributed by atoms with van der Waals surface area (Å²) >= 11 is 0. The monoisotopic (exact) mass is 336 g/mol. The van der Waals surface area contributed by atoms with Crippen molar-refractivity contribution >= 4 is 0 Å². The second kappa shape index (κ2) is 7.95. The van der Waals surface area contributed by atoms with Crippen LogP contribution in [-0.4, -0.2) is 78.7 Å². The fourth-order valence-corrected chi connectivity index (χ4v) is 4.05. The van der Waals surface area contributed by atoms with Gasteiger partial charge in [0.15, 0.2) is 0 Å². The predicted octanol–water partition coefficient (Wildman–Crippen LogP) is 1.37. The number of hydrogen-bond donors (Lipinski definition) is 0. The quantitative estimate of drug-likeness (QED) is 0.704. The van der Waals surface area contributed by atoms with Crippen LogP contribution in [0.5, 0.6) is 0 Å². The molecule has 0 amide bonds. The molecule has 136 valence electrons. The van der Waals surface area contributed by atoms with E-state index in [1.807, 2.05) is 17.9 Å². The van der Waals surface area contributed by atoms with Gasteiger partial charge in [0.05, 0.1) is 31.6 Å². The Morgan fingerprint density at radius 3 is 3.08 bits per heavy atom. The van der Waals surface area contributed by atoms with Crippen molar-refractivity contribution in [3.8, 4) is 0 Å². The fourth-order valence-electron chi connectivity index (χ4n) is 4.05. The summed E-state index contributed by atoms with van der Waals surface area (Å²) in [6, 6.07) is 0. The molecule has 0 radical (unpaired) electrons. The van der Waals surface area contributed by atoms with Crippen molar-refractivity contribution in [1.29, 1.82) is 0 Å². The molecule has 6 heteroatoms. The standard InChI is InChI=1S/C18H32N4O2/c1-20(2)7-9-23-14-17-5-4-6-18(17)15-22(8-10-24-18)13-16-11-19-21(3)12-16/h11-12,17H,4-10,13-15H2,1-3H3/t17-,18+/m1/s1. The highest BCUT2D eigenvalue weighted by Gasteiger charge is 2.46. The third kappa shape index (κ3) is 4.36. The van der Waals surface area contributed by atoms with E-state index in [4.69, 9.17) is 9.47 Å². The fraction of sp³-hybridized carbons (Fsp3) is 0.833. The first kappa shape index (κ1) is 17.9. The van der Waals surface area contributed by atoms with Crippen molar-refractivity contribution in [3.05, 3.63) is 18.0 Å². The summed E-state index contributed by atoms with van der Waals surface area (Å²) in [6.45, 7) is 6.43.